The molecule has 0 aromatic rings. The Kier molecular flexibility index (Phi) is 3.48. The molecule has 8 heavy (non-hydrogen) atoms. The van der Waals surface area contributed by atoms with Crippen LogP contribution in [0.15, 0.2) is 12.7 Å². The van der Waals surface area contributed by atoms with Gasteiger partial charge in [-0.3, -0.25) is 0 Å². The van der Waals surface area contributed by atoms with Gasteiger partial charge in [-0.1, -0.05) is 13.0 Å². The van der Waals surface area contributed by atoms with Crippen LogP contribution in [0.25, 0.3) is 0 Å². The van der Waals surface area contributed by atoms with Crippen LogP contribution < -0.4 is 5.73 Å². The number of hydrogen-bond acceptors (Lipinski definition) is 2. The minimum absolute atomic E-state index is 0.264. The Bertz CT molecular complexity index is 72.9. The van der Waals surface area contributed by atoms with Crippen molar-refractivity contribution in [3.8, 4) is 0 Å². The van der Waals surface area contributed by atoms with Gasteiger partial charge in [-0.25, -0.2) is 0 Å². The molecule has 0 heterocycles. The predicted octanol–water partition coefficient (Wildman–Crippen LogP) is 0.271. The van der Waals surface area contributed by atoms with Crippen molar-refractivity contribution >= 4 is 0 Å². The summed E-state index contributed by atoms with van der Waals surface area (Å²) in [5.74, 6) is 0. The van der Waals surface area contributed by atoms with Crippen LogP contribution in [-0.2, 0) is 0 Å². The van der Waals surface area contributed by atoms with Gasteiger partial charge in [0.2, 0.25) is 0 Å². The molecule has 0 aromatic carbocycles. The Labute approximate surface area is 50.0 Å². The highest BCUT2D eigenvalue weighted by atomic mass is 16.3. The first-order valence-electron chi connectivity index (χ1n) is 2.78. The molecule has 0 bridgehead atoms. The summed E-state index contributed by atoms with van der Waals surface area (Å²) in [5.41, 5.74) is 5.36. The van der Waals surface area contributed by atoms with E-state index in [1.807, 2.05) is 6.92 Å². The lowest BCUT2D eigenvalue weighted by Gasteiger charge is -2.11. The summed E-state index contributed by atoms with van der Waals surface area (Å²) in [6, 6.07) is -0.264. The van der Waals surface area contributed by atoms with Gasteiger partial charge < -0.3 is 10.8 Å². The van der Waals surface area contributed by atoms with Crippen LogP contribution in [0, 0.1) is 0 Å². The minimum Gasteiger partial charge on any atom is -0.391 e. The monoisotopic (exact) mass is 115 g/mol. The maximum absolute atomic E-state index is 8.93. The van der Waals surface area contributed by atoms with Gasteiger partial charge in [-0.15, -0.1) is 6.58 Å². The fourth-order valence-corrected chi connectivity index (χ4v) is 0.429. The lowest BCUT2D eigenvalue weighted by atomic mass is 10.1. The quantitative estimate of drug-likeness (QED) is 0.519. The van der Waals surface area contributed by atoms with Gasteiger partial charge in [-0.05, 0) is 6.42 Å². The van der Waals surface area contributed by atoms with Gasteiger partial charge >= 0.3 is 0 Å². The van der Waals surface area contributed by atoms with E-state index in [-0.39, 0.29) is 6.04 Å². The summed E-state index contributed by atoms with van der Waals surface area (Å²) in [6.45, 7) is 5.33. The van der Waals surface area contributed by atoms with Gasteiger partial charge in [0.25, 0.3) is 0 Å². The number of aliphatic hydroxyl groups excluding tert-OH is 1. The van der Waals surface area contributed by atoms with E-state index in [4.69, 9.17) is 10.8 Å². The average molecular weight is 115 g/mol. The second-order valence-electron chi connectivity index (χ2n) is 1.79. The zero-order chi connectivity index (χ0) is 6.57. The zero-order valence-electron chi connectivity index (χ0n) is 5.17. The molecule has 0 unspecified atom stereocenters. The molecular formula is C6H13NO. The van der Waals surface area contributed by atoms with E-state index in [1.165, 1.54) is 0 Å². The molecule has 0 aliphatic rings. The van der Waals surface area contributed by atoms with Crippen LogP contribution in [0.5, 0.6) is 0 Å². The van der Waals surface area contributed by atoms with Crippen LogP contribution in [0.1, 0.15) is 13.3 Å². The summed E-state index contributed by atoms with van der Waals surface area (Å²) in [5, 5.41) is 8.93. The van der Waals surface area contributed by atoms with Crippen molar-refractivity contribution in [3.63, 3.8) is 0 Å². The first-order valence-corrected chi connectivity index (χ1v) is 2.78. The molecule has 0 radical (unpaired) electrons. The number of rotatable bonds is 3. The summed E-state index contributed by atoms with van der Waals surface area (Å²) < 4.78 is 0. The topological polar surface area (TPSA) is 46.2 Å². The van der Waals surface area contributed by atoms with E-state index < -0.39 is 6.10 Å². The molecule has 0 aliphatic carbocycles. The molecule has 0 saturated heterocycles. The van der Waals surface area contributed by atoms with Crippen molar-refractivity contribution in [2.24, 2.45) is 5.73 Å². The molecule has 0 aromatic heterocycles. The summed E-state index contributed by atoms with van der Waals surface area (Å²) in [6.07, 6.45) is 1.81. The lowest BCUT2D eigenvalue weighted by molar-refractivity contribution is 0.156. The van der Waals surface area contributed by atoms with Gasteiger partial charge in [0.1, 0.15) is 0 Å². The van der Waals surface area contributed by atoms with E-state index >= 15 is 0 Å². The van der Waals surface area contributed by atoms with Crippen LogP contribution in [0.4, 0.5) is 0 Å². The van der Waals surface area contributed by atoms with Gasteiger partial charge in [0, 0.05) is 6.04 Å². The normalized spacial score (nSPS) is 17.4. The lowest BCUT2D eigenvalue weighted by Crippen LogP contribution is -2.31. The van der Waals surface area contributed by atoms with Crippen molar-refractivity contribution in [1.29, 1.82) is 0 Å². The van der Waals surface area contributed by atoms with Crippen LogP contribution in [0.2, 0.25) is 0 Å². The molecule has 0 fully saturated rings. The van der Waals surface area contributed by atoms with E-state index in [1.54, 1.807) is 6.08 Å². The van der Waals surface area contributed by atoms with Crippen molar-refractivity contribution < 1.29 is 5.11 Å². The van der Waals surface area contributed by atoms with Crippen molar-refractivity contribution in [2.45, 2.75) is 25.5 Å². The van der Waals surface area contributed by atoms with Crippen molar-refractivity contribution in [3.05, 3.63) is 12.7 Å². The fourth-order valence-electron chi connectivity index (χ4n) is 0.429. The maximum atomic E-state index is 8.93. The average Bonchev–Trinajstić information content (AvgIpc) is 1.84. The third-order valence-corrected chi connectivity index (χ3v) is 1.13. The molecule has 0 aliphatic heterocycles. The number of nitrogens with two attached hydrogens (primary N) is 1. The van der Waals surface area contributed by atoms with E-state index in [0.717, 1.165) is 0 Å². The molecule has 0 saturated carbocycles. The third-order valence-electron chi connectivity index (χ3n) is 1.13. The molecule has 0 amide bonds. The summed E-state index contributed by atoms with van der Waals surface area (Å²) in [4.78, 5) is 0. The van der Waals surface area contributed by atoms with Gasteiger partial charge in [0.15, 0.2) is 0 Å². The minimum atomic E-state index is -0.424. The standard InChI is InChI=1S/C6H13NO/c1-3-5(7)6(8)4-2/h3,5-6,8H,1,4,7H2,2H3/t5-,6+/m1/s1. The highest BCUT2D eigenvalue weighted by molar-refractivity contribution is 4.87. The Morgan fingerprint density at radius 2 is 2.38 bits per heavy atom. The molecule has 0 rings (SSSR count). The Morgan fingerprint density at radius 3 is 2.50 bits per heavy atom. The maximum Gasteiger partial charge on any atom is 0.0724 e. The van der Waals surface area contributed by atoms with Crippen LogP contribution >= 0.6 is 0 Å². The smallest absolute Gasteiger partial charge is 0.0724 e. The molecule has 2 nitrogen and oxygen atoms in total. The highest BCUT2D eigenvalue weighted by Crippen LogP contribution is 1.94. The first-order chi connectivity index (χ1) is 3.72. The summed E-state index contributed by atoms with van der Waals surface area (Å²) in [7, 11) is 0. The Hall–Kier alpha value is -0.340. The Balaban J connectivity index is 3.44. The summed E-state index contributed by atoms with van der Waals surface area (Å²) >= 11 is 0. The first kappa shape index (κ1) is 7.66. The molecule has 0 spiro atoms. The molecule has 2 atom stereocenters. The predicted molar refractivity (Wildman–Crippen MR) is 34.5 cm³/mol. The molecule has 2 heteroatoms. The fraction of sp³-hybridized carbons (Fsp3) is 0.667. The van der Waals surface area contributed by atoms with Gasteiger partial charge in [0.05, 0.1) is 6.10 Å². The SMILES string of the molecule is C=C[C@@H](N)[C@@H](O)CC. The molecular weight excluding hydrogens is 102 g/mol. The molecule has 3 N–H and O–H groups in total. The van der Waals surface area contributed by atoms with Crippen molar-refractivity contribution in [1.82, 2.24) is 0 Å². The van der Waals surface area contributed by atoms with Crippen LogP contribution in [0.3, 0.4) is 0 Å². The highest BCUT2D eigenvalue weighted by Gasteiger charge is 2.06. The van der Waals surface area contributed by atoms with Gasteiger partial charge in [-0.2, -0.15) is 0 Å². The van der Waals surface area contributed by atoms with E-state index in [2.05, 4.69) is 6.58 Å². The Morgan fingerprint density at radius 1 is 1.88 bits per heavy atom. The number of aliphatic hydroxyl groups is 1. The number of hydrogen-bond donors (Lipinski definition) is 2. The van der Waals surface area contributed by atoms with Crippen LogP contribution in [-0.4, -0.2) is 17.3 Å². The second kappa shape index (κ2) is 3.64. The van der Waals surface area contributed by atoms with E-state index in [9.17, 15) is 0 Å². The largest absolute Gasteiger partial charge is 0.391 e. The zero-order valence-corrected chi connectivity index (χ0v) is 5.17. The third kappa shape index (κ3) is 2.09. The van der Waals surface area contributed by atoms with E-state index in [0.29, 0.717) is 6.42 Å². The molecule has 48 valence electrons. The van der Waals surface area contributed by atoms with Crippen molar-refractivity contribution in [2.75, 3.05) is 0 Å². The second-order valence-corrected chi connectivity index (χ2v) is 1.79.